The zero-order chi connectivity index (χ0) is 21.6. The Balaban J connectivity index is 1.17. The van der Waals surface area contributed by atoms with Crippen molar-refractivity contribution >= 4 is 22.5 Å². The van der Waals surface area contributed by atoms with Gasteiger partial charge in [0.25, 0.3) is 0 Å². The molecule has 1 amide bonds. The van der Waals surface area contributed by atoms with Crippen LogP contribution in [0.2, 0.25) is 0 Å². The van der Waals surface area contributed by atoms with Gasteiger partial charge in [0.15, 0.2) is 0 Å². The number of halogens is 3. The molecule has 1 saturated carbocycles. The third kappa shape index (κ3) is 3.98. The van der Waals surface area contributed by atoms with Gasteiger partial charge >= 0.3 is 12.1 Å². The maximum absolute atomic E-state index is 12.4. The van der Waals surface area contributed by atoms with Gasteiger partial charge in [0.2, 0.25) is 0 Å². The maximum Gasteiger partial charge on any atom is 0.471 e. The van der Waals surface area contributed by atoms with Gasteiger partial charge in [-0.1, -0.05) is 5.21 Å². The van der Waals surface area contributed by atoms with Crippen LogP contribution in [-0.4, -0.2) is 67.5 Å². The number of hydrogen-bond donors (Lipinski definition) is 2. The molecule has 1 atom stereocenters. The highest BCUT2D eigenvalue weighted by atomic mass is 19.4. The highest BCUT2D eigenvalue weighted by Crippen LogP contribution is 2.38. The summed E-state index contributed by atoms with van der Waals surface area (Å²) in [4.78, 5) is 20.8. The molecule has 166 valence electrons. The van der Waals surface area contributed by atoms with Crippen molar-refractivity contribution in [2.45, 2.75) is 50.2 Å². The summed E-state index contributed by atoms with van der Waals surface area (Å²) >= 11 is 0. The molecule has 2 N–H and O–H groups in total. The second-order valence-corrected chi connectivity index (χ2v) is 8.69. The van der Waals surface area contributed by atoms with E-state index >= 15 is 0 Å². The Morgan fingerprint density at radius 1 is 1.23 bits per heavy atom. The zero-order valence-electron chi connectivity index (χ0n) is 16.9. The fourth-order valence-corrected chi connectivity index (χ4v) is 5.06. The quantitative estimate of drug-likeness (QED) is 0.658. The topological polar surface area (TPSA) is 91.2 Å². The van der Waals surface area contributed by atoms with Gasteiger partial charge in [0.1, 0.15) is 17.5 Å². The number of carbonyl (C=O) groups excluding carboxylic acids is 1. The Morgan fingerprint density at radius 2 is 2.03 bits per heavy atom. The number of hydrogen-bond acceptors (Lipinski definition) is 5. The number of nitrogens with one attached hydrogen (secondary N) is 2. The predicted molar refractivity (Wildman–Crippen MR) is 106 cm³/mol. The Hall–Kier alpha value is -2.69. The first-order valence-electron chi connectivity index (χ1n) is 10.7. The Bertz CT molecular complexity index is 1080. The van der Waals surface area contributed by atoms with Gasteiger partial charge in [-0.25, -0.2) is 9.50 Å². The number of H-pyrrole nitrogens is 1. The van der Waals surface area contributed by atoms with Crippen molar-refractivity contribution in [2.24, 2.45) is 5.92 Å². The van der Waals surface area contributed by atoms with Gasteiger partial charge in [-0.2, -0.15) is 13.2 Å². The fourth-order valence-electron chi connectivity index (χ4n) is 5.06. The SMILES string of the molecule is O=C(N[C@H]1CCN(CC2CCC(c3nnn4cnc5[nH]ccc5c34)CC2)C1)C(F)(F)F. The lowest BCUT2D eigenvalue weighted by Crippen LogP contribution is -2.44. The number of amides is 1. The van der Waals surface area contributed by atoms with E-state index in [4.69, 9.17) is 0 Å². The van der Waals surface area contributed by atoms with Gasteiger partial charge in [0, 0.05) is 43.2 Å². The molecule has 0 bridgehead atoms. The lowest BCUT2D eigenvalue weighted by Gasteiger charge is -2.30. The summed E-state index contributed by atoms with van der Waals surface area (Å²) < 4.78 is 39.1. The highest BCUT2D eigenvalue weighted by molar-refractivity contribution is 5.92. The summed E-state index contributed by atoms with van der Waals surface area (Å²) in [5.41, 5.74) is 2.85. The van der Waals surface area contributed by atoms with Gasteiger partial charge < -0.3 is 15.2 Å². The van der Waals surface area contributed by atoms with Crippen molar-refractivity contribution in [3.05, 3.63) is 24.3 Å². The van der Waals surface area contributed by atoms with Crippen LogP contribution in [0.4, 0.5) is 13.2 Å². The summed E-state index contributed by atoms with van der Waals surface area (Å²) in [5.74, 6) is -0.997. The number of nitrogens with zero attached hydrogens (tertiary/aromatic N) is 5. The van der Waals surface area contributed by atoms with Crippen LogP contribution in [0.15, 0.2) is 18.6 Å². The summed E-state index contributed by atoms with van der Waals surface area (Å²) in [6, 6.07) is 1.57. The number of aromatic nitrogens is 5. The average Bonchev–Trinajstić information content (AvgIpc) is 3.46. The van der Waals surface area contributed by atoms with E-state index in [0.717, 1.165) is 61.0 Å². The molecule has 0 unspecified atom stereocenters. The number of alkyl halides is 3. The molecular weight excluding hydrogens is 411 g/mol. The summed E-state index contributed by atoms with van der Waals surface area (Å²) in [6.45, 7) is 2.06. The predicted octanol–water partition coefficient (Wildman–Crippen LogP) is 2.63. The molecule has 1 saturated heterocycles. The molecule has 4 heterocycles. The third-order valence-corrected chi connectivity index (χ3v) is 6.61. The molecule has 31 heavy (non-hydrogen) atoms. The Kier molecular flexibility index (Phi) is 5.07. The number of aromatic amines is 1. The maximum atomic E-state index is 12.4. The second kappa shape index (κ2) is 7.77. The van der Waals surface area contributed by atoms with E-state index < -0.39 is 18.1 Å². The molecule has 1 aliphatic carbocycles. The van der Waals surface area contributed by atoms with Crippen LogP contribution in [0, 0.1) is 5.92 Å². The van der Waals surface area contributed by atoms with Crippen LogP contribution in [0.25, 0.3) is 16.6 Å². The highest BCUT2D eigenvalue weighted by Gasteiger charge is 2.40. The van der Waals surface area contributed by atoms with Crippen molar-refractivity contribution in [2.75, 3.05) is 19.6 Å². The van der Waals surface area contributed by atoms with Crippen LogP contribution >= 0.6 is 0 Å². The van der Waals surface area contributed by atoms with E-state index in [2.05, 4.69) is 30.5 Å². The van der Waals surface area contributed by atoms with Crippen molar-refractivity contribution < 1.29 is 18.0 Å². The molecule has 11 heteroatoms. The zero-order valence-corrected chi connectivity index (χ0v) is 16.9. The molecule has 8 nitrogen and oxygen atoms in total. The van der Waals surface area contributed by atoms with E-state index in [1.165, 1.54) is 0 Å². The van der Waals surface area contributed by atoms with Crippen LogP contribution < -0.4 is 5.32 Å². The molecule has 2 fully saturated rings. The van der Waals surface area contributed by atoms with Crippen molar-refractivity contribution in [1.29, 1.82) is 0 Å². The smallest absolute Gasteiger partial charge is 0.346 e. The molecular formula is C20H24F3N7O. The number of fused-ring (bicyclic) bond motifs is 3. The molecule has 0 radical (unpaired) electrons. The third-order valence-electron chi connectivity index (χ3n) is 6.61. The largest absolute Gasteiger partial charge is 0.471 e. The first-order chi connectivity index (χ1) is 14.9. The molecule has 3 aromatic rings. The minimum atomic E-state index is -4.82. The minimum Gasteiger partial charge on any atom is -0.346 e. The van der Waals surface area contributed by atoms with E-state index in [1.54, 1.807) is 10.8 Å². The molecule has 0 spiro atoms. The van der Waals surface area contributed by atoms with Crippen molar-refractivity contribution in [1.82, 2.24) is 35.0 Å². The normalized spacial score (nSPS) is 25.5. The van der Waals surface area contributed by atoms with Crippen LogP contribution in [0.1, 0.15) is 43.7 Å². The standard InChI is InChI=1S/C20H24F3N7O/c21-20(22,23)19(31)26-14-6-8-29(10-14)9-12-1-3-13(4-2-12)16-17-15-5-7-24-18(15)25-11-30(17)28-27-16/h5,7,11-14,24H,1-4,6,8-10H2,(H,26,31)/t12?,13?,14-/m0/s1. The summed E-state index contributed by atoms with van der Waals surface area (Å²) in [6.07, 6.45) is 3.39. The average molecular weight is 435 g/mol. The molecule has 0 aromatic carbocycles. The van der Waals surface area contributed by atoms with Gasteiger partial charge in [0.05, 0.1) is 5.69 Å². The van der Waals surface area contributed by atoms with E-state index in [1.807, 2.05) is 12.3 Å². The minimum absolute atomic E-state index is 0.339. The van der Waals surface area contributed by atoms with Crippen molar-refractivity contribution in [3.63, 3.8) is 0 Å². The first kappa shape index (κ1) is 20.2. The van der Waals surface area contributed by atoms with Crippen LogP contribution in [-0.2, 0) is 4.79 Å². The van der Waals surface area contributed by atoms with E-state index in [9.17, 15) is 18.0 Å². The number of rotatable bonds is 4. The van der Waals surface area contributed by atoms with Gasteiger partial charge in [-0.3, -0.25) is 4.79 Å². The second-order valence-electron chi connectivity index (χ2n) is 8.69. The molecule has 2 aliphatic rings. The molecule has 1 aliphatic heterocycles. The lowest BCUT2D eigenvalue weighted by molar-refractivity contribution is -0.174. The van der Waals surface area contributed by atoms with Crippen LogP contribution in [0.5, 0.6) is 0 Å². The van der Waals surface area contributed by atoms with Crippen LogP contribution in [0.3, 0.4) is 0 Å². The molecule has 5 rings (SSSR count). The van der Waals surface area contributed by atoms with E-state index in [-0.39, 0.29) is 0 Å². The number of carbonyl (C=O) groups is 1. The number of likely N-dealkylation sites (tertiary alicyclic amines) is 1. The van der Waals surface area contributed by atoms with E-state index in [0.29, 0.717) is 24.8 Å². The van der Waals surface area contributed by atoms with Crippen molar-refractivity contribution in [3.8, 4) is 0 Å². The lowest BCUT2D eigenvalue weighted by atomic mass is 9.80. The monoisotopic (exact) mass is 435 g/mol. The summed E-state index contributed by atoms with van der Waals surface area (Å²) in [5, 5.41) is 11.8. The molecule has 3 aromatic heterocycles. The summed E-state index contributed by atoms with van der Waals surface area (Å²) in [7, 11) is 0. The first-order valence-corrected chi connectivity index (χ1v) is 10.7. The Morgan fingerprint density at radius 3 is 2.81 bits per heavy atom. The Labute approximate surface area is 176 Å². The fraction of sp³-hybridized carbons (Fsp3) is 0.600. The van der Waals surface area contributed by atoms with Gasteiger partial charge in [-0.15, -0.1) is 5.10 Å². The van der Waals surface area contributed by atoms with Gasteiger partial charge in [-0.05, 0) is 44.1 Å².